The molecule has 33 heavy (non-hydrogen) atoms. The first kappa shape index (κ1) is 23.2. The number of nitrogens with zero attached hydrogens (tertiary/aromatic N) is 1. The fourth-order valence-corrected chi connectivity index (χ4v) is 4.82. The third kappa shape index (κ3) is 6.07. The summed E-state index contributed by atoms with van der Waals surface area (Å²) >= 11 is 0. The third-order valence-corrected chi connectivity index (χ3v) is 6.34. The summed E-state index contributed by atoms with van der Waals surface area (Å²) in [6.07, 6.45) is 7.74. The van der Waals surface area contributed by atoms with Crippen LogP contribution in [0.1, 0.15) is 48.6 Å². The van der Waals surface area contributed by atoms with Crippen LogP contribution in [0.4, 0.5) is 0 Å². The van der Waals surface area contributed by atoms with E-state index >= 15 is 0 Å². The van der Waals surface area contributed by atoms with Crippen molar-refractivity contribution in [2.45, 2.75) is 44.9 Å². The molecule has 2 unspecified atom stereocenters. The first-order valence-electron chi connectivity index (χ1n) is 11.6. The zero-order valence-corrected chi connectivity index (χ0v) is 19.5. The molecule has 4 rings (SSSR count). The highest BCUT2D eigenvalue weighted by Crippen LogP contribution is 2.38. The Morgan fingerprint density at radius 3 is 1.97 bits per heavy atom. The van der Waals surface area contributed by atoms with Crippen molar-refractivity contribution in [1.29, 1.82) is 0 Å². The molecule has 170 valence electrons. The van der Waals surface area contributed by atoms with Gasteiger partial charge in [0.2, 0.25) is 0 Å². The molecule has 3 aromatic carbocycles. The van der Waals surface area contributed by atoms with Crippen molar-refractivity contribution in [1.82, 2.24) is 0 Å². The van der Waals surface area contributed by atoms with Crippen molar-refractivity contribution in [3.05, 3.63) is 119 Å². The number of hydrogen-bond donors (Lipinski definition) is 1. The quantitative estimate of drug-likeness (QED) is 0.401. The van der Waals surface area contributed by atoms with E-state index in [2.05, 4.69) is 80.6 Å². The van der Waals surface area contributed by atoms with Gasteiger partial charge in [-0.05, 0) is 53.5 Å². The number of aliphatic imine (C=N–C) groups is 1. The van der Waals surface area contributed by atoms with E-state index in [9.17, 15) is 5.11 Å². The molecule has 0 saturated heterocycles. The van der Waals surface area contributed by atoms with E-state index in [1.165, 1.54) is 5.56 Å². The highest BCUT2D eigenvalue weighted by atomic mass is 16.5. The van der Waals surface area contributed by atoms with Gasteiger partial charge in [0.05, 0.1) is 18.8 Å². The van der Waals surface area contributed by atoms with Crippen LogP contribution in [-0.2, 0) is 17.8 Å². The van der Waals surface area contributed by atoms with E-state index in [4.69, 9.17) is 9.73 Å². The summed E-state index contributed by atoms with van der Waals surface area (Å²) in [7, 11) is 0. The summed E-state index contributed by atoms with van der Waals surface area (Å²) in [6, 6.07) is 29.1. The minimum absolute atomic E-state index is 0.0636. The number of ether oxygens (including phenoxy) is 1. The summed E-state index contributed by atoms with van der Waals surface area (Å²) < 4.78 is 6.74. The minimum atomic E-state index is -0.224. The average Bonchev–Trinajstić information content (AvgIpc) is 3.26. The van der Waals surface area contributed by atoms with Gasteiger partial charge >= 0.3 is 0 Å². The van der Waals surface area contributed by atoms with Gasteiger partial charge in [0.25, 0.3) is 0 Å². The van der Waals surface area contributed by atoms with E-state index in [1.807, 2.05) is 36.6 Å². The Hall–Kier alpha value is -3.01. The van der Waals surface area contributed by atoms with Gasteiger partial charge in [0.1, 0.15) is 6.10 Å². The average molecular weight is 440 g/mol. The van der Waals surface area contributed by atoms with Crippen LogP contribution in [0.5, 0.6) is 0 Å². The van der Waals surface area contributed by atoms with Crippen molar-refractivity contribution >= 4 is 6.21 Å². The number of aliphatic hydroxyl groups is 1. The SMILES string of the molecule is CC(COC(c1ccccc1)c1ccccc1)(Cc1ccc(CO)cc1)CC1(C)C=CC=N1. The summed E-state index contributed by atoms with van der Waals surface area (Å²) in [5, 5.41) is 9.40. The lowest BCUT2D eigenvalue weighted by Crippen LogP contribution is -2.35. The normalized spacial score (nSPS) is 19.2. The number of hydrogen-bond acceptors (Lipinski definition) is 3. The number of benzene rings is 3. The van der Waals surface area contributed by atoms with Crippen molar-refractivity contribution < 1.29 is 9.84 Å². The summed E-state index contributed by atoms with van der Waals surface area (Å²) in [4.78, 5) is 4.74. The van der Waals surface area contributed by atoms with E-state index in [-0.39, 0.29) is 23.7 Å². The molecule has 0 bridgehead atoms. The Kier molecular flexibility index (Phi) is 7.22. The molecule has 0 saturated carbocycles. The molecule has 3 nitrogen and oxygen atoms in total. The molecular weight excluding hydrogens is 406 g/mol. The molecule has 3 aromatic rings. The maximum Gasteiger partial charge on any atom is 0.108 e. The highest BCUT2D eigenvalue weighted by molar-refractivity contribution is 5.75. The number of rotatable bonds is 10. The maximum absolute atomic E-state index is 9.40. The topological polar surface area (TPSA) is 41.8 Å². The molecule has 2 atom stereocenters. The second-order valence-electron chi connectivity index (χ2n) is 9.65. The van der Waals surface area contributed by atoms with E-state index in [0.717, 1.165) is 29.5 Å². The van der Waals surface area contributed by atoms with Gasteiger partial charge in [-0.3, -0.25) is 4.99 Å². The fourth-order valence-electron chi connectivity index (χ4n) is 4.82. The predicted molar refractivity (Wildman–Crippen MR) is 136 cm³/mol. The Morgan fingerprint density at radius 2 is 1.45 bits per heavy atom. The van der Waals surface area contributed by atoms with Crippen LogP contribution < -0.4 is 0 Å². The van der Waals surface area contributed by atoms with Crippen molar-refractivity contribution in [2.24, 2.45) is 10.4 Å². The molecule has 0 amide bonds. The van der Waals surface area contributed by atoms with Gasteiger partial charge in [-0.15, -0.1) is 0 Å². The first-order chi connectivity index (χ1) is 16.0. The third-order valence-electron chi connectivity index (χ3n) is 6.34. The lowest BCUT2D eigenvalue weighted by molar-refractivity contribution is 0.00528. The standard InChI is InChI=1S/C30H33NO2/c1-29(22-30(2)18-9-19-31-30,20-24-14-16-25(21-32)17-15-24)23-33-28(26-10-5-3-6-11-26)27-12-7-4-8-13-27/h3-19,28,32H,20-23H2,1-2H3. The zero-order chi connectivity index (χ0) is 23.2. The van der Waals surface area contributed by atoms with Gasteiger partial charge in [-0.25, -0.2) is 0 Å². The molecule has 1 aliphatic heterocycles. The lowest BCUT2D eigenvalue weighted by Gasteiger charge is -2.36. The number of aliphatic hydroxyl groups excluding tert-OH is 1. The molecular formula is C30H33NO2. The van der Waals surface area contributed by atoms with Gasteiger partial charge < -0.3 is 9.84 Å². The van der Waals surface area contributed by atoms with Crippen LogP contribution in [-0.4, -0.2) is 23.5 Å². The fraction of sp³-hybridized carbons (Fsp3) is 0.300. The maximum atomic E-state index is 9.40. The second kappa shape index (κ2) is 10.3. The van der Waals surface area contributed by atoms with Gasteiger partial charge in [0.15, 0.2) is 0 Å². The monoisotopic (exact) mass is 439 g/mol. The van der Waals surface area contributed by atoms with Gasteiger partial charge in [0, 0.05) is 6.21 Å². The molecule has 0 aromatic heterocycles. The Labute approximate surface area is 197 Å². The molecule has 1 aliphatic rings. The van der Waals surface area contributed by atoms with Crippen molar-refractivity contribution in [2.75, 3.05) is 6.61 Å². The summed E-state index contributed by atoms with van der Waals surface area (Å²) in [6.45, 7) is 5.15. The van der Waals surface area contributed by atoms with Crippen molar-refractivity contribution in [3.63, 3.8) is 0 Å². The minimum Gasteiger partial charge on any atom is -0.392 e. The molecule has 0 radical (unpaired) electrons. The first-order valence-corrected chi connectivity index (χ1v) is 11.6. The van der Waals surface area contributed by atoms with Crippen molar-refractivity contribution in [3.8, 4) is 0 Å². The molecule has 3 heteroatoms. The van der Waals surface area contributed by atoms with E-state index in [0.29, 0.717) is 6.61 Å². The number of allylic oxidation sites excluding steroid dienone is 1. The molecule has 0 aliphatic carbocycles. The lowest BCUT2D eigenvalue weighted by atomic mass is 9.74. The Morgan fingerprint density at radius 1 is 0.879 bits per heavy atom. The van der Waals surface area contributed by atoms with Crippen LogP contribution in [0, 0.1) is 5.41 Å². The molecule has 1 heterocycles. The zero-order valence-electron chi connectivity index (χ0n) is 19.5. The predicted octanol–water partition coefficient (Wildman–Crippen LogP) is 6.32. The van der Waals surface area contributed by atoms with Crippen LogP contribution in [0.15, 0.2) is 102 Å². The smallest absolute Gasteiger partial charge is 0.108 e. The molecule has 0 spiro atoms. The highest BCUT2D eigenvalue weighted by Gasteiger charge is 2.36. The summed E-state index contributed by atoms with van der Waals surface area (Å²) in [5.41, 5.74) is 4.12. The van der Waals surface area contributed by atoms with E-state index < -0.39 is 0 Å². The van der Waals surface area contributed by atoms with Crippen LogP contribution in [0.25, 0.3) is 0 Å². The Bertz CT molecular complexity index is 1020. The second-order valence-corrected chi connectivity index (χ2v) is 9.65. The van der Waals surface area contributed by atoms with Crippen LogP contribution >= 0.6 is 0 Å². The van der Waals surface area contributed by atoms with Crippen LogP contribution in [0.3, 0.4) is 0 Å². The molecule has 0 fully saturated rings. The van der Waals surface area contributed by atoms with Crippen LogP contribution in [0.2, 0.25) is 0 Å². The largest absolute Gasteiger partial charge is 0.392 e. The molecule has 1 N–H and O–H groups in total. The summed E-state index contributed by atoms with van der Waals surface area (Å²) in [5.74, 6) is 0. The van der Waals surface area contributed by atoms with E-state index in [1.54, 1.807) is 0 Å². The van der Waals surface area contributed by atoms with Gasteiger partial charge in [-0.1, -0.05) is 97.9 Å². The van der Waals surface area contributed by atoms with Gasteiger partial charge in [-0.2, -0.15) is 0 Å². The Balaban J connectivity index is 1.60.